The van der Waals surface area contributed by atoms with E-state index in [-0.39, 0.29) is 0 Å². The van der Waals surface area contributed by atoms with E-state index in [0.29, 0.717) is 45.1 Å². The predicted octanol–water partition coefficient (Wildman–Crippen LogP) is 3.49. The van der Waals surface area contributed by atoms with E-state index in [9.17, 15) is 4.79 Å². The van der Waals surface area contributed by atoms with E-state index in [4.69, 9.17) is 23.4 Å². The Morgan fingerprint density at radius 1 is 0.800 bits per heavy atom. The Morgan fingerprint density at radius 2 is 1.48 bits per heavy atom. The fourth-order valence-electron chi connectivity index (χ4n) is 2.73. The third-order valence-electron chi connectivity index (χ3n) is 3.94. The van der Waals surface area contributed by atoms with Crippen molar-refractivity contribution in [2.24, 2.45) is 0 Å². The Morgan fingerprint density at radius 3 is 2.04 bits per heavy atom. The van der Waals surface area contributed by atoms with Gasteiger partial charge in [0.1, 0.15) is 39.5 Å². The lowest BCUT2D eigenvalue weighted by Gasteiger charge is -2.14. The van der Waals surface area contributed by atoms with Crippen LogP contribution in [0.4, 0.5) is 0 Å². The van der Waals surface area contributed by atoms with Crippen LogP contribution in [0.25, 0.3) is 22.1 Å². The molecular weight excluding hydrogens is 324 g/mol. The van der Waals surface area contributed by atoms with Crippen LogP contribution in [0.5, 0.6) is 23.0 Å². The number of fused-ring (bicyclic) bond motifs is 1. The number of ether oxygens (including phenoxy) is 4. The summed E-state index contributed by atoms with van der Waals surface area (Å²) in [6.07, 6.45) is 0. The molecule has 0 aliphatic carbocycles. The molecule has 0 unspecified atom stereocenters. The van der Waals surface area contributed by atoms with Crippen LogP contribution in [0.2, 0.25) is 0 Å². The molecule has 130 valence electrons. The highest BCUT2D eigenvalue weighted by atomic mass is 16.5. The summed E-state index contributed by atoms with van der Waals surface area (Å²) in [6, 6.07) is 10.4. The molecule has 3 aromatic rings. The van der Waals surface area contributed by atoms with Gasteiger partial charge >= 0.3 is 5.63 Å². The summed E-state index contributed by atoms with van der Waals surface area (Å²) in [5.74, 6) is 2.09. The molecule has 6 heteroatoms. The summed E-state index contributed by atoms with van der Waals surface area (Å²) in [5.41, 5.74) is 0.799. The molecule has 6 nitrogen and oxygen atoms in total. The largest absolute Gasteiger partial charge is 0.497 e. The maximum absolute atomic E-state index is 12.6. The first-order valence-electron chi connectivity index (χ1n) is 7.54. The molecule has 0 N–H and O–H groups in total. The van der Waals surface area contributed by atoms with Crippen LogP contribution in [0, 0.1) is 0 Å². The van der Waals surface area contributed by atoms with E-state index in [1.54, 1.807) is 43.5 Å². The summed E-state index contributed by atoms with van der Waals surface area (Å²) >= 11 is 0. The number of rotatable bonds is 5. The van der Waals surface area contributed by atoms with Crippen LogP contribution in [0.15, 0.2) is 45.6 Å². The zero-order valence-corrected chi connectivity index (χ0v) is 14.4. The highest BCUT2D eigenvalue weighted by Gasteiger charge is 2.21. The topological polar surface area (TPSA) is 67.1 Å². The van der Waals surface area contributed by atoms with Gasteiger partial charge in [0.2, 0.25) is 0 Å². The van der Waals surface area contributed by atoms with Crippen molar-refractivity contribution in [3.05, 3.63) is 46.8 Å². The monoisotopic (exact) mass is 342 g/mol. The van der Waals surface area contributed by atoms with Crippen LogP contribution in [0.3, 0.4) is 0 Å². The molecule has 1 heterocycles. The van der Waals surface area contributed by atoms with Crippen LogP contribution >= 0.6 is 0 Å². The molecule has 0 saturated heterocycles. The Balaban J connectivity index is 2.35. The standard InChI is InChI=1S/C19H18O6/c1-21-12-7-5-11(6-8-12)16-18(24-4)17-14(23-3)9-13(22-2)10-15(17)25-19(16)20/h5-10H,1-4H3. The lowest BCUT2D eigenvalue weighted by Crippen LogP contribution is -2.07. The first kappa shape index (κ1) is 16.7. The van der Waals surface area contributed by atoms with Gasteiger partial charge in [-0.05, 0) is 17.7 Å². The number of hydrogen-bond donors (Lipinski definition) is 0. The summed E-state index contributed by atoms with van der Waals surface area (Å²) in [4.78, 5) is 12.6. The van der Waals surface area contributed by atoms with Gasteiger partial charge < -0.3 is 23.4 Å². The molecule has 0 aliphatic rings. The van der Waals surface area contributed by atoms with Crippen LogP contribution in [0.1, 0.15) is 0 Å². The van der Waals surface area contributed by atoms with Gasteiger partial charge in [-0.1, -0.05) is 12.1 Å². The van der Waals surface area contributed by atoms with Crippen molar-refractivity contribution in [2.45, 2.75) is 0 Å². The maximum atomic E-state index is 12.6. The second-order valence-electron chi connectivity index (χ2n) is 5.23. The second kappa shape index (κ2) is 6.76. The molecule has 25 heavy (non-hydrogen) atoms. The van der Waals surface area contributed by atoms with Gasteiger partial charge in [-0.2, -0.15) is 0 Å². The van der Waals surface area contributed by atoms with Crippen molar-refractivity contribution in [1.29, 1.82) is 0 Å². The minimum atomic E-state index is -0.509. The van der Waals surface area contributed by atoms with Gasteiger partial charge in [-0.3, -0.25) is 0 Å². The van der Waals surface area contributed by atoms with Gasteiger partial charge in [0.25, 0.3) is 0 Å². The van der Waals surface area contributed by atoms with Crippen molar-refractivity contribution in [3.63, 3.8) is 0 Å². The number of benzene rings is 2. The third kappa shape index (κ3) is 2.87. The zero-order valence-electron chi connectivity index (χ0n) is 14.4. The number of methoxy groups -OCH3 is 4. The van der Waals surface area contributed by atoms with Gasteiger partial charge in [0.05, 0.1) is 28.4 Å². The van der Waals surface area contributed by atoms with Gasteiger partial charge in [0.15, 0.2) is 0 Å². The summed E-state index contributed by atoms with van der Waals surface area (Å²) < 4.78 is 26.9. The Labute approximate surface area is 144 Å². The molecule has 0 spiro atoms. The highest BCUT2D eigenvalue weighted by Crippen LogP contribution is 2.41. The van der Waals surface area contributed by atoms with E-state index in [1.165, 1.54) is 21.3 Å². The first-order valence-corrected chi connectivity index (χ1v) is 7.54. The molecule has 0 amide bonds. The van der Waals surface area contributed by atoms with Crippen molar-refractivity contribution in [3.8, 4) is 34.1 Å². The summed E-state index contributed by atoms with van der Waals surface area (Å²) in [5, 5.41) is 0.566. The maximum Gasteiger partial charge on any atom is 0.347 e. The minimum Gasteiger partial charge on any atom is -0.497 e. The lowest BCUT2D eigenvalue weighted by molar-refractivity contribution is 0.388. The Kier molecular flexibility index (Phi) is 4.52. The average Bonchev–Trinajstić information content (AvgIpc) is 2.65. The van der Waals surface area contributed by atoms with Crippen molar-refractivity contribution in [1.82, 2.24) is 0 Å². The molecule has 0 saturated carbocycles. The molecular formula is C19H18O6. The Hall–Kier alpha value is -3.15. The zero-order chi connectivity index (χ0) is 18.0. The van der Waals surface area contributed by atoms with E-state index in [2.05, 4.69) is 0 Å². The lowest BCUT2D eigenvalue weighted by atomic mass is 10.0. The fourth-order valence-corrected chi connectivity index (χ4v) is 2.73. The quantitative estimate of drug-likeness (QED) is 0.661. The van der Waals surface area contributed by atoms with Crippen LogP contribution < -0.4 is 24.6 Å². The molecule has 3 rings (SSSR count). The van der Waals surface area contributed by atoms with E-state index in [1.807, 2.05) is 0 Å². The molecule has 0 fully saturated rings. The SMILES string of the molecule is COc1ccc(-c2c(OC)c3c(OC)cc(OC)cc3oc2=O)cc1. The van der Waals surface area contributed by atoms with Gasteiger partial charge in [0, 0.05) is 12.1 Å². The Bertz CT molecular complexity index is 956. The normalized spacial score (nSPS) is 10.6. The molecule has 1 aromatic heterocycles. The molecule has 0 atom stereocenters. The van der Waals surface area contributed by atoms with E-state index >= 15 is 0 Å². The van der Waals surface area contributed by atoms with Gasteiger partial charge in [-0.25, -0.2) is 4.79 Å². The molecule has 2 aromatic carbocycles. The highest BCUT2D eigenvalue weighted by molar-refractivity contribution is 5.96. The average molecular weight is 342 g/mol. The first-order chi connectivity index (χ1) is 12.1. The summed E-state index contributed by atoms with van der Waals surface area (Å²) in [6.45, 7) is 0. The van der Waals surface area contributed by atoms with Crippen molar-refractivity contribution in [2.75, 3.05) is 28.4 Å². The van der Waals surface area contributed by atoms with Crippen LogP contribution in [-0.2, 0) is 0 Å². The number of hydrogen-bond acceptors (Lipinski definition) is 6. The van der Waals surface area contributed by atoms with Crippen LogP contribution in [-0.4, -0.2) is 28.4 Å². The second-order valence-corrected chi connectivity index (χ2v) is 5.23. The predicted molar refractivity (Wildman–Crippen MR) is 94.1 cm³/mol. The third-order valence-corrected chi connectivity index (χ3v) is 3.94. The summed E-state index contributed by atoms with van der Waals surface area (Å²) in [7, 11) is 6.15. The van der Waals surface area contributed by atoms with Crippen molar-refractivity contribution >= 4 is 11.0 Å². The fraction of sp³-hybridized carbons (Fsp3) is 0.211. The minimum absolute atomic E-state index is 0.320. The molecule has 0 radical (unpaired) electrons. The van der Waals surface area contributed by atoms with Gasteiger partial charge in [-0.15, -0.1) is 0 Å². The van der Waals surface area contributed by atoms with E-state index < -0.39 is 5.63 Å². The molecule has 0 bridgehead atoms. The van der Waals surface area contributed by atoms with Crippen molar-refractivity contribution < 1.29 is 23.4 Å². The smallest absolute Gasteiger partial charge is 0.347 e. The molecule has 0 aliphatic heterocycles. The van der Waals surface area contributed by atoms with E-state index in [0.717, 1.165) is 0 Å².